The zero-order chi connectivity index (χ0) is 18.7. The molecule has 4 atom stereocenters. The summed E-state index contributed by atoms with van der Waals surface area (Å²) < 4.78 is 0. The Kier molecular flexibility index (Phi) is 10.3. The number of Topliss-reactive ketones (excluding diaryl/α,β-unsaturated/α-hetero) is 1. The zero-order valence-corrected chi connectivity index (χ0v) is 15.1. The molecule has 0 spiro atoms. The highest BCUT2D eigenvalue weighted by Gasteiger charge is 2.32. The molecule has 142 valence electrons. The summed E-state index contributed by atoms with van der Waals surface area (Å²) in [5, 5.41) is 27.6. The molecule has 1 fully saturated rings. The quantitative estimate of drug-likeness (QED) is 0.370. The number of unbranched alkanes of at least 4 members (excludes halogenated alkanes) is 2. The Morgan fingerprint density at radius 3 is 2.68 bits per heavy atom. The van der Waals surface area contributed by atoms with Crippen molar-refractivity contribution in [3.05, 3.63) is 24.3 Å². The van der Waals surface area contributed by atoms with Crippen molar-refractivity contribution < 1.29 is 24.9 Å². The van der Waals surface area contributed by atoms with Crippen molar-refractivity contribution >= 4 is 11.8 Å². The molecular formula is C20H32O5. The summed E-state index contributed by atoms with van der Waals surface area (Å²) in [5.74, 6) is -0.567. The van der Waals surface area contributed by atoms with Crippen LogP contribution in [0.25, 0.3) is 0 Å². The van der Waals surface area contributed by atoms with Crippen LogP contribution in [0.15, 0.2) is 24.3 Å². The number of allylic oxidation sites excluding steroid dienone is 2. The molecule has 0 aliphatic heterocycles. The molecule has 0 saturated heterocycles. The summed E-state index contributed by atoms with van der Waals surface area (Å²) in [7, 11) is 0. The maximum atomic E-state index is 12.1. The van der Waals surface area contributed by atoms with Crippen LogP contribution in [-0.4, -0.2) is 39.3 Å². The van der Waals surface area contributed by atoms with E-state index in [1.165, 1.54) is 0 Å². The summed E-state index contributed by atoms with van der Waals surface area (Å²) in [4.78, 5) is 22.6. The van der Waals surface area contributed by atoms with Gasteiger partial charge in [-0.2, -0.15) is 0 Å². The van der Waals surface area contributed by atoms with Gasteiger partial charge >= 0.3 is 5.97 Å². The molecule has 0 aromatic heterocycles. The second-order valence-electron chi connectivity index (χ2n) is 6.83. The third kappa shape index (κ3) is 8.45. The van der Waals surface area contributed by atoms with Crippen LogP contribution in [-0.2, 0) is 9.59 Å². The third-order valence-electron chi connectivity index (χ3n) is 4.79. The smallest absolute Gasteiger partial charge is 0.332 e. The molecule has 1 aliphatic carbocycles. The van der Waals surface area contributed by atoms with Gasteiger partial charge in [0.15, 0.2) is 6.10 Å². The second-order valence-corrected chi connectivity index (χ2v) is 6.83. The number of ketones is 1. The van der Waals surface area contributed by atoms with Crippen LogP contribution in [0, 0.1) is 11.8 Å². The average molecular weight is 352 g/mol. The molecule has 5 heteroatoms. The van der Waals surface area contributed by atoms with Crippen molar-refractivity contribution in [3.8, 4) is 0 Å². The minimum atomic E-state index is -1.28. The second kappa shape index (κ2) is 12.0. The standard InChI is InChI=1S/C20H32O5/c1-2-3-9-16(21)10-7-8-15-13-14-18(22)17(15)11-5-4-6-12-19(23)20(24)25/h3,7-9,15-17,19,21,23H,2,4-6,10-14H2,1H3,(H,24,25)/t15-,16?,17+,19?/m0/s1. The van der Waals surface area contributed by atoms with Gasteiger partial charge in [-0.05, 0) is 38.0 Å². The minimum Gasteiger partial charge on any atom is -0.479 e. The molecule has 1 aliphatic rings. The molecule has 1 saturated carbocycles. The highest BCUT2D eigenvalue weighted by Crippen LogP contribution is 2.34. The molecule has 2 unspecified atom stereocenters. The van der Waals surface area contributed by atoms with Gasteiger partial charge in [-0.25, -0.2) is 4.79 Å². The van der Waals surface area contributed by atoms with E-state index in [9.17, 15) is 19.8 Å². The molecule has 3 N–H and O–H groups in total. The summed E-state index contributed by atoms with van der Waals surface area (Å²) in [6.07, 6.45) is 12.5. The number of aliphatic hydroxyl groups is 2. The third-order valence-corrected chi connectivity index (χ3v) is 4.79. The first-order valence-electron chi connectivity index (χ1n) is 9.40. The van der Waals surface area contributed by atoms with E-state index in [1.54, 1.807) is 6.08 Å². The van der Waals surface area contributed by atoms with Crippen LogP contribution in [0.4, 0.5) is 0 Å². The summed E-state index contributed by atoms with van der Waals surface area (Å²) in [6, 6.07) is 0. The lowest BCUT2D eigenvalue weighted by Crippen LogP contribution is -2.19. The number of hydrogen-bond acceptors (Lipinski definition) is 4. The van der Waals surface area contributed by atoms with Crippen molar-refractivity contribution in [2.45, 2.75) is 76.9 Å². The van der Waals surface area contributed by atoms with Crippen molar-refractivity contribution in [2.24, 2.45) is 11.8 Å². The Bertz CT molecular complexity index is 469. The number of aliphatic carboxylic acids is 1. The Morgan fingerprint density at radius 2 is 2.00 bits per heavy atom. The van der Waals surface area contributed by atoms with E-state index in [4.69, 9.17) is 5.11 Å². The Labute approximate surface area is 150 Å². The van der Waals surface area contributed by atoms with E-state index in [1.807, 2.05) is 19.1 Å². The van der Waals surface area contributed by atoms with Gasteiger partial charge in [-0.1, -0.05) is 50.5 Å². The molecule has 0 aromatic carbocycles. The molecule has 0 bridgehead atoms. The maximum Gasteiger partial charge on any atom is 0.332 e. The molecule has 1 rings (SSSR count). The first-order chi connectivity index (χ1) is 12.0. The topological polar surface area (TPSA) is 94.8 Å². The van der Waals surface area contributed by atoms with Gasteiger partial charge in [0.05, 0.1) is 6.10 Å². The van der Waals surface area contributed by atoms with E-state index >= 15 is 0 Å². The fraction of sp³-hybridized carbons (Fsp3) is 0.700. The molecule has 0 radical (unpaired) electrons. The molecule has 0 amide bonds. The number of carboxylic acids is 1. The summed E-state index contributed by atoms with van der Waals surface area (Å²) in [6.45, 7) is 2.02. The van der Waals surface area contributed by atoms with Crippen LogP contribution in [0.1, 0.15) is 64.7 Å². The zero-order valence-electron chi connectivity index (χ0n) is 15.1. The van der Waals surface area contributed by atoms with Crippen molar-refractivity contribution in [1.82, 2.24) is 0 Å². The molecular weight excluding hydrogens is 320 g/mol. The Balaban J connectivity index is 2.32. The average Bonchev–Trinajstić information content (AvgIpc) is 2.92. The Morgan fingerprint density at radius 1 is 1.24 bits per heavy atom. The fourth-order valence-corrected chi connectivity index (χ4v) is 3.31. The number of aliphatic hydroxyl groups excluding tert-OH is 2. The number of rotatable bonds is 12. The Hall–Kier alpha value is -1.46. The highest BCUT2D eigenvalue weighted by molar-refractivity contribution is 5.83. The van der Waals surface area contributed by atoms with E-state index < -0.39 is 18.2 Å². The van der Waals surface area contributed by atoms with Crippen LogP contribution >= 0.6 is 0 Å². The van der Waals surface area contributed by atoms with Gasteiger partial charge < -0.3 is 15.3 Å². The normalized spacial score (nSPS) is 23.6. The number of carbonyl (C=O) groups is 2. The SMILES string of the molecule is CCC=CC(O)CC=C[C@H]1CCC(=O)[C@@H]1CCCCCC(O)C(=O)O. The van der Waals surface area contributed by atoms with Crippen molar-refractivity contribution in [2.75, 3.05) is 0 Å². The van der Waals surface area contributed by atoms with E-state index in [2.05, 4.69) is 6.08 Å². The van der Waals surface area contributed by atoms with Gasteiger partial charge in [-0.3, -0.25) is 4.79 Å². The van der Waals surface area contributed by atoms with Gasteiger partial charge in [0.1, 0.15) is 5.78 Å². The van der Waals surface area contributed by atoms with E-state index in [0.717, 1.165) is 32.1 Å². The van der Waals surface area contributed by atoms with Crippen molar-refractivity contribution in [1.29, 1.82) is 0 Å². The lowest BCUT2D eigenvalue weighted by molar-refractivity contribution is -0.147. The highest BCUT2D eigenvalue weighted by atomic mass is 16.4. The molecule has 25 heavy (non-hydrogen) atoms. The lowest BCUT2D eigenvalue weighted by Gasteiger charge is -2.15. The molecule has 0 heterocycles. The largest absolute Gasteiger partial charge is 0.479 e. The predicted octanol–water partition coefficient (Wildman–Crippen LogP) is 3.25. The first kappa shape index (κ1) is 21.6. The predicted molar refractivity (Wildman–Crippen MR) is 97.1 cm³/mol. The monoisotopic (exact) mass is 352 g/mol. The number of carbonyl (C=O) groups excluding carboxylic acids is 1. The fourth-order valence-electron chi connectivity index (χ4n) is 3.31. The minimum absolute atomic E-state index is 0.0453. The van der Waals surface area contributed by atoms with E-state index in [0.29, 0.717) is 25.0 Å². The number of carboxylic acid groups (broad SMARTS) is 1. The van der Waals surface area contributed by atoms with Crippen LogP contribution in [0.5, 0.6) is 0 Å². The van der Waals surface area contributed by atoms with Crippen LogP contribution < -0.4 is 0 Å². The first-order valence-corrected chi connectivity index (χ1v) is 9.40. The van der Waals surface area contributed by atoms with Crippen molar-refractivity contribution in [3.63, 3.8) is 0 Å². The van der Waals surface area contributed by atoms with Crippen LogP contribution in [0.2, 0.25) is 0 Å². The van der Waals surface area contributed by atoms with Crippen LogP contribution in [0.3, 0.4) is 0 Å². The van der Waals surface area contributed by atoms with Gasteiger partial charge in [-0.15, -0.1) is 0 Å². The number of hydrogen-bond donors (Lipinski definition) is 3. The maximum absolute atomic E-state index is 12.1. The molecule has 5 nitrogen and oxygen atoms in total. The van der Waals surface area contributed by atoms with Gasteiger partial charge in [0, 0.05) is 12.3 Å². The van der Waals surface area contributed by atoms with Gasteiger partial charge in [0.2, 0.25) is 0 Å². The van der Waals surface area contributed by atoms with Gasteiger partial charge in [0.25, 0.3) is 0 Å². The lowest BCUT2D eigenvalue weighted by atomic mass is 9.89. The molecule has 0 aromatic rings. The summed E-state index contributed by atoms with van der Waals surface area (Å²) in [5.41, 5.74) is 0. The summed E-state index contributed by atoms with van der Waals surface area (Å²) >= 11 is 0. The van der Waals surface area contributed by atoms with E-state index in [-0.39, 0.29) is 18.3 Å².